The molecule has 0 spiro atoms. The minimum atomic E-state index is -4.27. The van der Waals surface area contributed by atoms with Crippen molar-refractivity contribution in [1.82, 2.24) is 9.97 Å². The fourth-order valence-corrected chi connectivity index (χ4v) is 1.28. The molecule has 7 heteroatoms. The molecule has 0 unspecified atom stereocenters. The summed E-state index contributed by atoms with van der Waals surface area (Å²) in [7, 11) is 1.32. The van der Waals surface area contributed by atoms with Crippen molar-refractivity contribution in [3.63, 3.8) is 0 Å². The number of nitrogen functional groups attached to an aromatic ring is 1. The van der Waals surface area contributed by atoms with Gasteiger partial charge in [-0.05, 0) is 0 Å². The number of rotatable bonds is 3. The summed E-state index contributed by atoms with van der Waals surface area (Å²) in [6.07, 6.45) is -4.27. The van der Waals surface area contributed by atoms with Crippen LogP contribution in [-0.4, -0.2) is 29.7 Å². The summed E-state index contributed by atoms with van der Waals surface area (Å²) in [6.45, 7) is 2.63. The molecule has 0 atom stereocenters. The van der Waals surface area contributed by atoms with E-state index in [1.54, 1.807) is 0 Å². The maximum atomic E-state index is 12.2. The molecular formula is C10H15F3N4. The van der Waals surface area contributed by atoms with Gasteiger partial charge in [-0.1, -0.05) is 13.8 Å². The van der Waals surface area contributed by atoms with Gasteiger partial charge in [0, 0.05) is 19.0 Å². The van der Waals surface area contributed by atoms with Gasteiger partial charge in [0.15, 0.2) is 0 Å². The second kappa shape index (κ2) is 4.77. The second-order valence-electron chi connectivity index (χ2n) is 4.14. The second-order valence-corrected chi connectivity index (χ2v) is 4.14. The van der Waals surface area contributed by atoms with Crippen molar-refractivity contribution >= 4 is 11.6 Å². The molecule has 0 saturated heterocycles. The standard InChI is InChI=1S/C10H15F3N4/c1-6(2)9-15-7(14)4-8(16-9)17(3)5-10(11,12)13/h4,6H,5H2,1-3H3,(H2,14,15,16). The molecule has 96 valence electrons. The van der Waals surface area contributed by atoms with Gasteiger partial charge in [-0.15, -0.1) is 0 Å². The molecule has 0 bridgehead atoms. The number of hydrogen-bond donors (Lipinski definition) is 1. The molecule has 0 aliphatic carbocycles. The number of anilines is 2. The van der Waals surface area contributed by atoms with Gasteiger partial charge in [0.05, 0.1) is 0 Å². The van der Waals surface area contributed by atoms with Gasteiger partial charge in [0.25, 0.3) is 0 Å². The van der Waals surface area contributed by atoms with E-state index in [-0.39, 0.29) is 17.6 Å². The molecular weight excluding hydrogens is 233 g/mol. The molecule has 0 aliphatic heterocycles. The van der Waals surface area contributed by atoms with Crippen LogP contribution in [0.25, 0.3) is 0 Å². The highest BCUT2D eigenvalue weighted by molar-refractivity contribution is 5.46. The quantitative estimate of drug-likeness (QED) is 0.890. The molecule has 4 nitrogen and oxygen atoms in total. The summed E-state index contributed by atoms with van der Waals surface area (Å²) in [6, 6.07) is 1.33. The van der Waals surface area contributed by atoms with E-state index < -0.39 is 12.7 Å². The molecule has 1 heterocycles. The van der Waals surface area contributed by atoms with Crippen molar-refractivity contribution in [2.45, 2.75) is 25.9 Å². The first-order valence-corrected chi connectivity index (χ1v) is 5.11. The van der Waals surface area contributed by atoms with Crippen molar-refractivity contribution in [3.05, 3.63) is 11.9 Å². The average Bonchev–Trinajstić information content (AvgIpc) is 2.13. The lowest BCUT2D eigenvalue weighted by molar-refractivity contribution is -0.119. The van der Waals surface area contributed by atoms with Crippen LogP contribution in [0.5, 0.6) is 0 Å². The summed E-state index contributed by atoms with van der Waals surface area (Å²) in [4.78, 5) is 9.03. The Morgan fingerprint density at radius 2 is 1.94 bits per heavy atom. The predicted molar refractivity (Wildman–Crippen MR) is 59.9 cm³/mol. The third kappa shape index (κ3) is 4.08. The van der Waals surface area contributed by atoms with E-state index in [1.165, 1.54) is 13.1 Å². The lowest BCUT2D eigenvalue weighted by Crippen LogP contribution is -2.31. The van der Waals surface area contributed by atoms with Crippen molar-refractivity contribution in [1.29, 1.82) is 0 Å². The molecule has 2 N–H and O–H groups in total. The number of halogens is 3. The molecule has 1 aromatic rings. The van der Waals surface area contributed by atoms with Crippen LogP contribution in [0.4, 0.5) is 24.8 Å². The van der Waals surface area contributed by atoms with Crippen LogP contribution in [0.1, 0.15) is 25.6 Å². The van der Waals surface area contributed by atoms with Gasteiger partial charge in [0.1, 0.15) is 24.0 Å². The Hall–Kier alpha value is -1.53. The Morgan fingerprint density at radius 3 is 2.41 bits per heavy atom. The van der Waals surface area contributed by atoms with E-state index in [1.807, 2.05) is 13.8 Å². The summed E-state index contributed by atoms with van der Waals surface area (Å²) >= 11 is 0. The highest BCUT2D eigenvalue weighted by Gasteiger charge is 2.30. The van der Waals surface area contributed by atoms with Gasteiger partial charge in [-0.2, -0.15) is 13.2 Å². The van der Waals surface area contributed by atoms with Crippen LogP contribution in [0.2, 0.25) is 0 Å². The first-order chi connectivity index (χ1) is 7.69. The minimum absolute atomic E-state index is 0.0107. The molecule has 0 fully saturated rings. The zero-order valence-electron chi connectivity index (χ0n) is 9.91. The van der Waals surface area contributed by atoms with Crippen molar-refractivity contribution < 1.29 is 13.2 Å². The van der Waals surface area contributed by atoms with E-state index in [4.69, 9.17) is 5.73 Å². The van der Waals surface area contributed by atoms with Crippen LogP contribution in [-0.2, 0) is 0 Å². The first-order valence-electron chi connectivity index (χ1n) is 5.11. The van der Waals surface area contributed by atoms with Crippen LogP contribution in [0.15, 0.2) is 6.07 Å². The van der Waals surface area contributed by atoms with E-state index >= 15 is 0 Å². The normalized spacial score (nSPS) is 11.9. The maximum absolute atomic E-state index is 12.2. The number of nitrogens with zero attached hydrogens (tertiary/aromatic N) is 3. The first kappa shape index (κ1) is 13.5. The van der Waals surface area contributed by atoms with Gasteiger partial charge in [0.2, 0.25) is 0 Å². The largest absolute Gasteiger partial charge is 0.405 e. The van der Waals surface area contributed by atoms with Crippen molar-refractivity contribution in [2.75, 3.05) is 24.2 Å². The van der Waals surface area contributed by atoms with E-state index in [9.17, 15) is 13.2 Å². The summed E-state index contributed by atoms with van der Waals surface area (Å²) in [5, 5.41) is 0. The Morgan fingerprint density at radius 1 is 1.35 bits per heavy atom. The lowest BCUT2D eigenvalue weighted by Gasteiger charge is -2.20. The van der Waals surface area contributed by atoms with Crippen molar-refractivity contribution in [2.24, 2.45) is 0 Å². The third-order valence-electron chi connectivity index (χ3n) is 2.07. The minimum Gasteiger partial charge on any atom is -0.384 e. The molecule has 0 radical (unpaired) electrons. The Labute approximate surface area is 97.7 Å². The smallest absolute Gasteiger partial charge is 0.384 e. The molecule has 0 aromatic carbocycles. The number of nitrogens with two attached hydrogens (primary N) is 1. The van der Waals surface area contributed by atoms with Gasteiger partial charge in [-0.25, -0.2) is 9.97 Å². The van der Waals surface area contributed by atoms with E-state index in [0.29, 0.717) is 5.82 Å². The Balaban J connectivity index is 2.97. The third-order valence-corrected chi connectivity index (χ3v) is 2.07. The zero-order chi connectivity index (χ0) is 13.2. The fourth-order valence-electron chi connectivity index (χ4n) is 1.28. The van der Waals surface area contributed by atoms with Gasteiger partial charge in [-0.3, -0.25) is 0 Å². The van der Waals surface area contributed by atoms with Crippen molar-refractivity contribution in [3.8, 4) is 0 Å². The molecule has 0 amide bonds. The summed E-state index contributed by atoms with van der Waals surface area (Å²) in [5.41, 5.74) is 5.54. The molecule has 0 aliphatic rings. The average molecular weight is 248 g/mol. The number of alkyl halides is 3. The monoisotopic (exact) mass is 248 g/mol. The van der Waals surface area contributed by atoms with Gasteiger partial charge >= 0.3 is 6.18 Å². The highest BCUT2D eigenvalue weighted by atomic mass is 19.4. The Bertz CT molecular complexity index is 390. The molecule has 1 rings (SSSR count). The van der Waals surface area contributed by atoms with Crippen LogP contribution in [0.3, 0.4) is 0 Å². The maximum Gasteiger partial charge on any atom is 0.405 e. The van der Waals surface area contributed by atoms with Crippen LogP contribution in [0, 0.1) is 0 Å². The number of hydrogen-bond acceptors (Lipinski definition) is 4. The molecule has 0 saturated carbocycles. The highest BCUT2D eigenvalue weighted by Crippen LogP contribution is 2.22. The number of aromatic nitrogens is 2. The fraction of sp³-hybridized carbons (Fsp3) is 0.600. The molecule has 17 heavy (non-hydrogen) atoms. The predicted octanol–water partition coefficient (Wildman–Crippen LogP) is 2.18. The van der Waals surface area contributed by atoms with E-state index in [0.717, 1.165) is 4.90 Å². The van der Waals surface area contributed by atoms with Gasteiger partial charge < -0.3 is 10.6 Å². The zero-order valence-corrected chi connectivity index (χ0v) is 9.91. The van der Waals surface area contributed by atoms with Crippen LogP contribution >= 0.6 is 0 Å². The molecule has 1 aromatic heterocycles. The van der Waals surface area contributed by atoms with Crippen LogP contribution < -0.4 is 10.6 Å². The summed E-state index contributed by atoms with van der Waals surface area (Å²) in [5.74, 6) is 0.803. The Kier molecular flexibility index (Phi) is 3.79. The van der Waals surface area contributed by atoms with E-state index in [2.05, 4.69) is 9.97 Å². The topological polar surface area (TPSA) is 55.0 Å². The summed E-state index contributed by atoms with van der Waals surface area (Å²) < 4.78 is 36.7. The SMILES string of the molecule is CC(C)c1nc(N)cc(N(C)CC(F)(F)F)n1. The lowest BCUT2D eigenvalue weighted by atomic mass is 10.2.